The number of hydrogen-bond acceptors (Lipinski definition) is 2. The molecule has 2 rings (SSSR count). The third-order valence-electron chi connectivity index (χ3n) is 1.82. The van der Waals surface area contributed by atoms with Gasteiger partial charge in [0, 0.05) is 10.9 Å². The van der Waals surface area contributed by atoms with Crippen LogP contribution in [0, 0.1) is 0 Å². The lowest BCUT2D eigenvalue weighted by atomic mass is 10.3. The van der Waals surface area contributed by atoms with Crippen molar-refractivity contribution in [2.24, 2.45) is 0 Å². The largest absolute Gasteiger partial charge is 0.526 e. The number of phosphoric acid groups is 1. The van der Waals surface area contributed by atoms with Gasteiger partial charge in [-0.1, -0.05) is 18.2 Å². The Morgan fingerprint density at radius 3 is 2.60 bits per heavy atom. The molecule has 2 aromatic rings. The van der Waals surface area contributed by atoms with Gasteiger partial charge in [0.05, 0.1) is 4.47 Å². The summed E-state index contributed by atoms with van der Waals surface area (Å²) < 4.78 is 15.6. The molecule has 0 fully saturated rings. The molecule has 0 bridgehead atoms. The van der Waals surface area contributed by atoms with Crippen LogP contribution < -0.4 is 4.52 Å². The summed E-state index contributed by atoms with van der Waals surface area (Å²) in [7, 11) is -4.53. The number of nitrogens with one attached hydrogen (secondary N) is 1. The number of rotatable bonds is 2. The maximum Gasteiger partial charge on any atom is 0.526 e. The summed E-state index contributed by atoms with van der Waals surface area (Å²) in [5.41, 5.74) is 0.743. The van der Waals surface area contributed by atoms with Crippen LogP contribution in [0.2, 0.25) is 0 Å². The molecule has 0 aliphatic heterocycles. The minimum Gasteiger partial charge on any atom is -0.387 e. The minimum absolute atomic E-state index is 0.0320. The van der Waals surface area contributed by atoms with E-state index in [2.05, 4.69) is 25.4 Å². The van der Waals surface area contributed by atoms with Gasteiger partial charge >= 0.3 is 7.82 Å². The lowest BCUT2D eigenvalue weighted by Gasteiger charge is -2.03. The van der Waals surface area contributed by atoms with E-state index in [0.29, 0.717) is 4.47 Å². The molecular formula is C8H7BrNO4P. The summed E-state index contributed by atoms with van der Waals surface area (Å²) in [4.78, 5) is 20.1. The Labute approximate surface area is 93.4 Å². The summed E-state index contributed by atoms with van der Waals surface area (Å²) in [6, 6.07) is 7.23. The molecule has 0 atom stereocenters. The zero-order valence-electron chi connectivity index (χ0n) is 7.35. The molecule has 0 unspecified atom stereocenters. The van der Waals surface area contributed by atoms with Crippen LogP contribution in [-0.2, 0) is 4.57 Å². The number of aromatic amines is 1. The van der Waals surface area contributed by atoms with E-state index in [1.807, 2.05) is 18.2 Å². The Hall–Kier alpha value is -0.810. The van der Waals surface area contributed by atoms with Crippen molar-refractivity contribution in [3.63, 3.8) is 0 Å². The van der Waals surface area contributed by atoms with Crippen molar-refractivity contribution < 1.29 is 18.9 Å². The first-order valence-corrected chi connectivity index (χ1v) is 6.31. The predicted octanol–water partition coefficient (Wildman–Crippen LogP) is 2.40. The van der Waals surface area contributed by atoms with Gasteiger partial charge in [0.15, 0.2) is 0 Å². The van der Waals surface area contributed by atoms with E-state index in [9.17, 15) is 4.57 Å². The molecule has 80 valence electrons. The number of halogens is 1. The normalized spacial score (nSPS) is 11.9. The van der Waals surface area contributed by atoms with E-state index in [-0.39, 0.29) is 5.88 Å². The molecule has 1 aromatic heterocycles. The Morgan fingerprint density at radius 2 is 2.00 bits per heavy atom. The Morgan fingerprint density at radius 1 is 1.33 bits per heavy atom. The van der Waals surface area contributed by atoms with Crippen molar-refractivity contribution in [1.29, 1.82) is 0 Å². The van der Waals surface area contributed by atoms with Gasteiger partial charge in [-0.25, -0.2) is 4.57 Å². The second-order valence-electron chi connectivity index (χ2n) is 2.90. The van der Waals surface area contributed by atoms with Gasteiger partial charge in [0.1, 0.15) is 0 Å². The van der Waals surface area contributed by atoms with Gasteiger partial charge in [-0.2, -0.15) is 0 Å². The zero-order valence-corrected chi connectivity index (χ0v) is 9.83. The maximum atomic E-state index is 10.7. The smallest absolute Gasteiger partial charge is 0.387 e. The summed E-state index contributed by atoms with van der Waals surface area (Å²) in [5.74, 6) is 0.0320. The number of hydrogen-bond donors (Lipinski definition) is 3. The molecule has 0 aliphatic rings. The fraction of sp³-hybridized carbons (Fsp3) is 0. The summed E-state index contributed by atoms with van der Waals surface area (Å²) in [5, 5.41) is 0.806. The summed E-state index contributed by atoms with van der Waals surface area (Å²) in [6.07, 6.45) is 0. The molecule has 0 aliphatic carbocycles. The van der Waals surface area contributed by atoms with E-state index in [1.54, 1.807) is 6.07 Å². The van der Waals surface area contributed by atoms with Gasteiger partial charge in [0.2, 0.25) is 5.88 Å². The zero-order chi connectivity index (χ0) is 11.1. The van der Waals surface area contributed by atoms with Gasteiger partial charge in [0.25, 0.3) is 0 Å². The van der Waals surface area contributed by atoms with Crippen molar-refractivity contribution >= 4 is 34.7 Å². The molecule has 1 aromatic carbocycles. The molecule has 1 heterocycles. The van der Waals surface area contributed by atoms with Crippen molar-refractivity contribution in [3.8, 4) is 5.88 Å². The standard InChI is InChI=1S/C8H7BrNO4P/c9-7-5-3-1-2-4-6(5)10-8(7)14-15(11,12)13/h1-4,10H,(H2,11,12,13). The molecular weight excluding hydrogens is 285 g/mol. The van der Waals surface area contributed by atoms with Gasteiger partial charge in [-0.15, -0.1) is 0 Å². The molecule has 0 spiro atoms. The lowest BCUT2D eigenvalue weighted by molar-refractivity contribution is 0.279. The first-order chi connectivity index (χ1) is 6.97. The van der Waals surface area contributed by atoms with Crippen molar-refractivity contribution in [2.75, 3.05) is 0 Å². The lowest BCUT2D eigenvalue weighted by Crippen LogP contribution is -1.90. The minimum atomic E-state index is -4.53. The quantitative estimate of drug-likeness (QED) is 0.742. The van der Waals surface area contributed by atoms with Crippen LogP contribution in [0.4, 0.5) is 0 Å². The summed E-state index contributed by atoms with van der Waals surface area (Å²) in [6.45, 7) is 0. The van der Waals surface area contributed by atoms with Gasteiger partial charge in [-0.05, 0) is 22.0 Å². The van der Waals surface area contributed by atoms with Gasteiger partial charge < -0.3 is 9.51 Å². The number of benzene rings is 1. The fourth-order valence-corrected chi connectivity index (χ4v) is 2.29. The van der Waals surface area contributed by atoms with E-state index >= 15 is 0 Å². The Kier molecular flexibility index (Phi) is 2.60. The molecule has 7 heteroatoms. The average Bonchev–Trinajstić information content (AvgIpc) is 2.42. The third-order valence-corrected chi connectivity index (χ3v) is 3.03. The first kappa shape index (κ1) is 10.7. The van der Waals surface area contributed by atoms with Crippen LogP contribution in [0.3, 0.4) is 0 Å². The maximum absolute atomic E-state index is 10.7. The number of phosphoric ester groups is 1. The number of fused-ring (bicyclic) bond motifs is 1. The Balaban J connectivity index is 2.54. The van der Waals surface area contributed by atoms with Crippen molar-refractivity contribution in [1.82, 2.24) is 4.98 Å². The average molecular weight is 292 g/mol. The first-order valence-electron chi connectivity index (χ1n) is 3.99. The van der Waals surface area contributed by atoms with Crippen molar-refractivity contribution in [3.05, 3.63) is 28.7 Å². The van der Waals surface area contributed by atoms with Crippen molar-refractivity contribution in [2.45, 2.75) is 0 Å². The number of para-hydroxylation sites is 1. The highest BCUT2D eigenvalue weighted by atomic mass is 79.9. The number of H-pyrrole nitrogens is 1. The van der Waals surface area contributed by atoms with Gasteiger partial charge in [-0.3, -0.25) is 9.79 Å². The molecule has 5 nitrogen and oxygen atoms in total. The molecule has 0 amide bonds. The van der Waals surface area contributed by atoms with E-state index in [1.165, 1.54) is 0 Å². The fourth-order valence-electron chi connectivity index (χ4n) is 1.26. The highest BCUT2D eigenvalue weighted by Crippen LogP contribution is 2.42. The Bertz CT molecular complexity index is 547. The van der Waals surface area contributed by atoms with Crippen LogP contribution in [-0.4, -0.2) is 14.8 Å². The second-order valence-corrected chi connectivity index (χ2v) is 4.85. The molecule has 0 saturated carbocycles. The van der Waals surface area contributed by atoms with E-state index in [0.717, 1.165) is 10.9 Å². The SMILES string of the molecule is O=P(O)(O)Oc1[nH]c2ccccc2c1Br. The highest BCUT2D eigenvalue weighted by Gasteiger charge is 2.20. The topological polar surface area (TPSA) is 82.6 Å². The van der Waals surface area contributed by atoms with E-state index in [4.69, 9.17) is 9.79 Å². The highest BCUT2D eigenvalue weighted by molar-refractivity contribution is 9.10. The predicted molar refractivity (Wildman–Crippen MR) is 58.7 cm³/mol. The van der Waals surface area contributed by atoms with Crippen LogP contribution in [0.5, 0.6) is 5.88 Å². The molecule has 0 saturated heterocycles. The van der Waals surface area contributed by atoms with Crippen LogP contribution >= 0.6 is 23.8 Å². The molecule has 0 radical (unpaired) electrons. The summed E-state index contributed by atoms with van der Waals surface area (Å²) >= 11 is 3.20. The molecule has 15 heavy (non-hydrogen) atoms. The monoisotopic (exact) mass is 291 g/mol. The van der Waals surface area contributed by atoms with Crippen LogP contribution in [0.1, 0.15) is 0 Å². The third kappa shape index (κ3) is 2.23. The number of aromatic nitrogens is 1. The molecule has 3 N–H and O–H groups in total. The van der Waals surface area contributed by atoms with Crippen LogP contribution in [0.25, 0.3) is 10.9 Å². The second kappa shape index (κ2) is 3.64. The van der Waals surface area contributed by atoms with E-state index < -0.39 is 7.82 Å². The van der Waals surface area contributed by atoms with Crippen LogP contribution in [0.15, 0.2) is 28.7 Å².